The Morgan fingerprint density at radius 3 is 2.79 bits per heavy atom. The van der Waals surface area contributed by atoms with Gasteiger partial charge in [0.25, 0.3) is 5.69 Å². The molecular formula is C9H7N3O2. The number of allylic oxidation sites excluding steroid dienone is 1. The van der Waals surface area contributed by atoms with Crippen LogP contribution in [-0.2, 0) is 0 Å². The monoisotopic (exact) mass is 189 g/mol. The maximum absolute atomic E-state index is 10.4. The van der Waals surface area contributed by atoms with Gasteiger partial charge in [0.15, 0.2) is 0 Å². The van der Waals surface area contributed by atoms with Crippen LogP contribution in [0, 0.1) is 21.4 Å². The number of anilines is 1. The quantitative estimate of drug-likeness (QED) is 0.331. The van der Waals surface area contributed by atoms with E-state index < -0.39 is 4.92 Å². The van der Waals surface area contributed by atoms with Crippen molar-refractivity contribution in [2.75, 3.05) is 5.73 Å². The first kappa shape index (κ1) is 9.74. The Morgan fingerprint density at radius 2 is 2.29 bits per heavy atom. The summed E-state index contributed by atoms with van der Waals surface area (Å²) in [7, 11) is 0. The fourth-order valence-electron chi connectivity index (χ4n) is 0.976. The third kappa shape index (κ3) is 2.08. The van der Waals surface area contributed by atoms with Gasteiger partial charge in [-0.15, -0.1) is 0 Å². The van der Waals surface area contributed by atoms with E-state index in [9.17, 15) is 10.1 Å². The van der Waals surface area contributed by atoms with E-state index in [-0.39, 0.29) is 11.4 Å². The number of nitrogen functional groups attached to an aromatic ring is 1. The summed E-state index contributed by atoms with van der Waals surface area (Å²) in [6, 6.07) is 6.11. The molecule has 0 aliphatic carbocycles. The Hall–Kier alpha value is -2.35. The highest BCUT2D eigenvalue weighted by Crippen LogP contribution is 2.22. The molecule has 0 atom stereocenters. The van der Waals surface area contributed by atoms with Gasteiger partial charge in [0.05, 0.1) is 11.0 Å². The topological polar surface area (TPSA) is 92.9 Å². The van der Waals surface area contributed by atoms with Crippen LogP contribution in [0.1, 0.15) is 5.56 Å². The zero-order chi connectivity index (χ0) is 10.6. The molecule has 0 aromatic heterocycles. The average molecular weight is 189 g/mol. The van der Waals surface area contributed by atoms with E-state index >= 15 is 0 Å². The van der Waals surface area contributed by atoms with Crippen molar-refractivity contribution < 1.29 is 4.92 Å². The lowest BCUT2D eigenvalue weighted by molar-refractivity contribution is -0.383. The van der Waals surface area contributed by atoms with Crippen LogP contribution in [-0.4, -0.2) is 4.92 Å². The highest BCUT2D eigenvalue weighted by Gasteiger charge is 2.09. The molecule has 1 rings (SSSR count). The lowest BCUT2D eigenvalue weighted by Gasteiger charge is -1.97. The number of nitrogens with zero attached hydrogens (tertiary/aromatic N) is 2. The van der Waals surface area contributed by atoms with Crippen LogP contribution in [0.25, 0.3) is 6.08 Å². The molecule has 2 N–H and O–H groups in total. The fraction of sp³-hybridized carbons (Fsp3) is 0. The van der Waals surface area contributed by atoms with Gasteiger partial charge in [-0.25, -0.2) is 0 Å². The van der Waals surface area contributed by atoms with E-state index in [1.807, 2.05) is 6.07 Å². The number of nitro benzene ring substituents is 1. The maximum Gasteiger partial charge on any atom is 0.292 e. The molecule has 1 aromatic carbocycles. The molecule has 0 aliphatic rings. The molecule has 0 aliphatic heterocycles. The molecule has 5 heteroatoms. The van der Waals surface area contributed by atoms with Crippen molar-refractivity contribution >= 4 is 17.5 Å². The van der Waals surface area contributed by atoms with Crippen LogP contribution in [0.5, 0.6) is 0 Å². The Labute approximate surface area is 80.2 Å². The summed E-state index contributed by atoms with van der Waals surface area (Å²) >= 11 is 0. The second-order valence-corrected chi connectivity index (χ2v) is 2.54. The van der Waals surface area contributed by atoms with Crippen LogP contribution >= 0.6 is 0 Å². The molecule has 1 aromatic rings. The summed E-state index contributed by atoms with van der Waals surface area (Å²) in [5.41, 5.74) is 6.06. The van der Waals surface area contributed by atoms with Gasteiger partial charge in [-0.1, -0.05) is 0 Å². The molecule has 0 saturated carbocycles. The minimum absolute atomic E-state index is 0.0927. The highest BCUT2D eigenvalue weighted by molar-refractivity contribution is 5.65. The first-order valence-corrected chi connectivity index (χ1v) is 3.75. The number of hydrogen-bond acceptors (Lipinski definition) is 4. The predicted octanol–water partition coefficient (Wildman–Crippen LogP) is 1.71. The van der Waals surface area contributed by atoms with E-state index in [4.69, 9.17) is 11.0 Å². The number of nitrogens with two attached hydrogens (primary N) is 1. The number of hydrogen-bond donors (Lipinski definition) is 1. The van der Waals surface area contributed by atoms with Crippen molar-refractivity contribution in [3.05, 3.63) is 40.0 Å². The van der Waals surface area contributed by atoms with Crippen molar-refractivity contribution in [1.29, 1.82) is 5.26 Å². The van der Waals surface area contributed by atoms with Gasteiger partial charge in [-0.2, -0.15) is 5.26 Å². The van der Waals surface area contributed by atoms with E-state index in [1.165, 1.54) is 30.4 Å². The fourth-order valence-corrected chi connectivity index (χ4v) is 0.976. The smallest absolute Gasteiger partial charge is 0.292 e. The molecule has 0 amide bonds. The molecule has 0 fully saturated rings. The van der Waals surface area contributed by atoms with Gasteiger partial charge in [0.1, 0.15) is 5.69 Å². The van der Waals surface area contributed by atoms with Gasteiger partial charge in [0, 0.05) is 12.1 Å². The number of rotatable bonds is 2. The van der Waals surface area contributed by atoms with Gasteiger partial charge in [0.2, 0.25) is 0 Å². The van der Waals surface area contributed by atoms with E-state index in [0.29, 0.717) is 5.56 Å². The van der Waals surface area contributed by atoms with Gasteiger partial charge in [-0.05, 0) is 23.8 Å². The highest BCUT2D eigenvalue weighted by atomic mass is 16.6. The van der Waals surface area contributed by atoms with Crippen LogP contribution in [0.3, 0.4) is 0 Å². The Balaban J connectivity index is 3.08. The zero-order valence-electron chi connectivity index (χ0n) is 7.18. The van der Waals surface area contributed by atoms with Crippen LogP contribution in [0.15, 0.2) is 24.3 Å². The van der Waals surface area contributed by atoms with Crippen molar-refractivity contribution in [1.82, 2.24) is 0 Å². The Kier molecular flexibility index (Phi) is 2.82. The molecule has 0 heterocycles. The summed E-state index contributed by atoms with van der Waals surface area (Å²) in [6.45, 7) is 0. The summed E-state index contributed by atoms with van der Waals surface area (Å²) < 4.78 is 0. The van der Waals surface area contributed by atoms with Gasteiger partial charge < -0.3 is 5.73 Å². The van der Waals surface area contributed by atoms with Gasteiger partial charge in [-0.3, -0.25) is 10.1 Å². The lowest BCUT2D eigenvalue weighted by Crippen LogP contribution is -1.95. The molecule has 0 saturated heterocycles. The normalized spacial score (nSPS) is 9.93. The second kappa shape index (κ2) is 4.05. The lowest BCUT2D eigenvalue weighted by atomic mass is 10.1. The average Bonchev–Trinajstić information content (AvgIpc) is 2.14. The number of nitriles is 1. The summed E-state index contributed by atoms with van der Waals surface area (Å²) in [5.74, 6) is 0. The summed E-state index contributed by atoms with van der Waals surface area (Å²) in [4.78, 5) is 9.85. The van der Waals surface area contributed by atoms with Crippen LogP contribution < -0.4 is 5.73 Å². The van der Waals surface area contributed by atoms with Crippen molar-refractivity contribution in [3.8, 4) is 6.07 Å². The van der Waals surface area contributed by atoms with Crippen molar-refractivity contribution in [3.63, 3.8) is 0 Å². The standard InChI is InChI=1S/C9H7N3O2/c10-5-1-2-7-3-4-9(12(13)14)8(11)6-7/h1-4,6H,11H2. The van der Waals surface area contributed by atoms with Gasteiger partial charge >= 0.3 is 0 Å². The van der Waals surface area contributed by atoms with Crippen LogP contribution in [0.4, 0.5) is 11.4 Å². The van der Waals surface area contributed by atoms with Crippen LogP contribution in [0.2, 0.25) is 0 Å². The minimum atomic E-state index is -0.548. The second-order valence-electron chi connectivity index (χ2n) is 2.54. The summed E-state index contributed by atoms with van der Waals surface area (Å²) in [6.07, 6.45) is 2.81. The largest absolute Gasteiger partial charge is 0.393 e. The van der Waals surface area contributed by atoms with Crippen molar-refractivity contribution in [2.24, 2.45) is 0 Å². The number of nitro groups is 1. The molecule has 14 heavy (non-hydrogen) atoms. The number of benzene rings is 1. The Bertz CT molecular complexity index is 432. The predicted molar refractivity (Wildman–Crippen MR) is 52.2 cm³/mol. The first-order valence-electron chi connectivity index (χ1n) is 3.75. The first-order chi connectivity index (χ1) is 6.65. The molecule has 5 nitrogen and oxygen atoms in total. The van der Waals surface area contributed by atoms with E-state index in [1.54, 1.807) is 0 Å². The SMILES string of the molecule is N#CC=Cc1ccc([N+](=O)[O-])c(N)c1. The molecule has 0 bridgehead atoms. The minimum Gasteiger partial charge on any atom is -0.393 e. The molecular weight excluding hydrogens is 182 g/mol. The van der Waals surface area contributed by atoms with E-state index in [0.717, 1.165) is 0 Å². The molecule has 0 unspecified atom stereocenters. The molecule has 0 radical (unpaired) electrons. The zero-order valence-corrected chi connectivity index (χ0v) is 7.18. The summed E-state index contributed by atoms with van der Waals surface area (Å²) in [5, 5.41) is 18.7. The maximum atomic E-state index is 10.4. The van der Waals surface area contributed by atoms with Crippen molar-refractivity contribution in [2.45, 2.75) is 0 Å². The third-order valence-electron chi connectivity index (χ3n) is 1.60. The molecule has 0 spiro atoms. The molecule has 70 valence electrons. The third-order valence-corrected chi connectivity index (χ3v) is 1.60. The van der Waals surface area contributed by atoms with E-state index in [2.05, 4.69) is 0 Å². The Morgan fingerprint density at radius 1 is 1.57 bits per heavy atom.